The molecule has 4 saturated carbocycles. The van der Waals surface area contributed by atoms with Gasteiger partial charge in [0.15, 0.2) is 0 Å². The van der Waals surface area contributed by atoms with Crippen molar-refractivity contribution in [3.8, 4) is 6.07 Å². The van der Waals surface area contributed by atoms with Crippen molar-refractivity contribution in [2.75, 3.05) is 6.61 Å². The number of halogens is 3. The summed E-state index contributed by atoms with van der Waals surface area (Å²) in [4.78, 5) is 0. The fourth-order valence-corrected chi connectivity index (χ4v) is 7.87. The molecule has 0 bridgehead atoms. The van der Waals surface area contributed by atoms with Crippen LogP contribution < -0.4 is 0 Å². The highest BCUT2D eigenvalue weighted by molar-refractivity contribution is 5.12. The van der Waals surface area contributed by atoms with Crippen molar-refractivity contribution in [3.05, 3.63) is 0 Å². The van der Waals surface area contributed by atoms with Crippen molar-refractivity contribution in [3.63, 3.8) is 0 Å². The van der Waals surface area contributed by atoms with Gasteiger partial charge >= 0.3 is 6.18 Å². The summed E-state index contributed by atoms with van der Waals surface area (Å²) in [5.74, 6) is 2.66. The number of hydrogen-bond donors (Lipinski definition) is 0. The maximum Gasteiger partial charge on any atom is 0.411 e. The van der Waals surface area contributed by atoms with Gasteiger partial charge in [0.25, 0.3) is 0 Å². The van der Waals surface area contributed by atoms with Gasteiger partial charge in [-0.25, -0.2) is 0 Å². The van der Waals surface area contributed by atoms with Crippen LogP contribution in [0.5, 0.6) is 0 Å². The maximum atomic E-state index is 12.6. The second-order valence-electron chi connectivity index (χ2n) is 10.3. The van der Waals surface area contributed by atoms with E-state index in [0.29, 0.717) is 23.7 Å². The van der Waals surface area contributed by atoms with Gasteiger partial charge in [0.2, 0.25) is 0 Å². The Morgan fingerprint density at radius 2 is 1.59 bits per heavy atom. The van der Waals surface area contributed by atoms with E-state index < -0.39 is 12.8 Å². The first-order valence-electron chi connectivity index (χ1n) is 11.8. The maximum absolute atomic E-state index is 12.6. The quantitative estimate of drug-likeness (QED) is 0.482. The van der Waals surface area contributed by atoms with Gasteiger partial charge in [0.05, 0.1) is 18.1 Å². The van der Waals surface area contributed by atoms with E-state index in [-0.39, 0.29) is 22.9 Å². The van der Waals surface area contributed by atoms with Crippen LogP contribution in [0.4, 0.5) is 13.2 Å². The summed E-state index contributed by atoms with van der Waals surface area (Å²) in [5, 5.41) is 9.61. The largest absolute Gasteiger partial charge is 0.411 e. The number of rotatable bonds is 2. The molecule has 166 valence electrons. The first-order valence-corrected chi connectivity index (χ1v) is 11.8. The second kappa shape index (κ2) is 8.40. The van der Waals surface area contributed by atoms with E-state index in [1.807, 2.05) is 13.8 Å². The highest BCUT2D eigenvalue weighted by atomic mass is 19.4. The lowest BCUT2D eigenvalue weighted by Gasteiger charge is -2.61. The predicted octanol–water partition coefficient (Wildman–Crippen LogP) is 7.14. The first kappa shape index (κ1) is 22.9. The van der Waals surface area contributed by atoms with E-state index >= 15 is 0 Å². The Kier molecular flexibility index (Phi) is 6.64. The zero-order chi connectivity index (χ0) is 21.4. The molecule has 0 heterocycles. The SMILES string of the molecule is CC.CC12CCC3C(CCC4CCC(OCC(F)(F)F)CC43C)C1CCC2C#N. The molecule has 0 N–H and O–H groups in total. The van der Waals surface area contributed by atoms with E-state index in [9.17, 15) is 18.4 Å². The minimum absolute atomic E-state index is 0.101. The molecule has 8 atom stereocenters. The third kappa shape index (κ3) is 4.08. The molecule has 4 aliphatic rings. The molecule has 0 aromatic heterocycles. The van der Waals surface area contributed by atoms with Crippen LogP contribution in [0.15, 0.2) is 0 Å². The molecule has 0 amide bonds. The Hall–Kier alpha value is -0.760. The predicted molar refractivity (Wildman–Crippen MR) is 108 cm³/mol. The van der Waals surface area contributed by atoms with Crippen molar-refractivity contribution < 1.29 is 17.9 Å². The lowest BCUT2D eigenvalue weighted by molar-refractivity contribution is -0.202. The fraction of sp³-hybridized carbons (Fsp3) is 0.958. The molecule has 0 aromatic rings. The van der Waals surface area contributed by atoms with Gasteiger partial charge in [0.1, 0.15) is 6.61 Å². The Morgan fingerprint density at radius 1 is 0.931 bits per heavy atom. The van der Waals surface area contributed by atoms with Gasteiger partial charge in [-0.1, -0.05) is 27.7 Å². The van der Waals surface area contributed by atoms with E-state index in [1.54, 1.807) is 0 Å². The second-order valence-corrected chi connectivity index (χ2v) is 10.3. The smallest absolute Gasteiger partial charge is 0.369 e. The van der Waals surface area contributed by atoms with Crippen LogP contribution >= 0.6 is 0 Å². The molecular formula is C24H38F3NO. The Bertz CT molecular complexity index is 614. The van der Waals surface area contributed by atoms with Crippen LogP contribution in [0, 0.1) is 51.8 Å². The number of alkyl halides is 3. The third-order valence-corrected chi connectivity index (χ3v) is 9.21. The summed E-state index contributed by atoms with van der Waals surface area (Å²) in [7, 11) is 0. The molecule has 4 rings (SSSR count). The first-order chi connectivity index (χ1) is 13.7. The van der Waals surface area contributed by atoms with E-state index in [4.69, 9.17) is 4.74 Å². The minimum atomic E-state index is -4.24. The van der Waals surface area contributed by atoms with Crippen molar-refractivity contribution in [2.24, 2.45) is 40.4 Å². The molecule has 2 nitrogen and oxygen atoms in total. The van der Waals surface area contributed by atoms with Crippen LogP contribution in [0.3, 0.4) is 0 Å². The summed E-state index contributed by atoms with van der Waals surface area (Å²) >= 11 is 0. The van der Waals surface area contributed by atoms with Gasteiger partial charge < -0.3 is 4.74 Å². The van der Waals surface area contributed by atoms with Crippen molar-refractivity contribution >= 4 is 0 Å². The van der Waals surface area contributed by atoms with Gasteiger partial charge in [-0.05, 0) is 92.3 Å². The van der Waals surface area contributed by atoms with Crippen LogP contribution in [-0.2, 0) is 4.74 Å². The lowest BCUT2D eigenvalue weighted by atomic mass is 9.44. The number of nitrogens with zero attached hydrogens (tertiary/aromatic N) is 1. The molecule has 5 heteroatoms. The monoisotopic (exact) mass is 413 g/mol. The molecule has 29 heavy (non-hydrogen) atoms. The molecule has 0 aromatic carbocycles. The number of hydrogen-bond acceptors (Lipinski definition) is 2. The summed E-state index contributed by atoms with van der Waals surface area (Å²) < 4.78 is 43.2. The van der Waals surface area contributed by atoms with E-state index in [2.05, 4.69) is 19.9 Å². The highest BCUT2D eigenvalue weighted by Gasteiger charge is 2.60. The molecule has 0 radical (unpaired) electrons. The average molecular weight is 414 g/mol. The molecule has 0 spiro atoms. The highest BCUT2D eigenvalue weighted by Crippen LogP contribution is 2.67. The van der Waals surface area contributed by atoms with Gasteiger partial charge in [-0.15, -0.1) is 0 Å². The summed E-state index contributed by atoms with van der Waals surface area (Å²) in [6.07, 6.45) is 4.93. The number of nitriles is 1. The topological polar surface area (TPSA) is 33.0 Å². The third-order valence-electron chi connectivity index (χ3n) is 9.21. The van der Waals surface area contributed by atoms with Crippen molar-refractivity contribution in [2.45, 2.75) is 97.8 Å². The zero-order valence-electron chi connectivity index (χ0n) is 18.5. The van der Waals surface area contributed by atoms with Crippen molar-refractivity contribution in [1.29, 1.82) is 5.26 Å². The van der Waals surface area contributed by atoms with Crippen LogP contribution in [-0.4, -0.2) is 18.9 Å². The van der Waals surface area contributed by atoms with Crippen LogP contribution in [0.25, 0.3) is 0 Å². The Morgan fingerprint density at radius 3 is 2.24 bits per heavy atom. The Labute approximate surface area is 174 Å². The summed E-state index contributed by atoms with van der Waals surface area (Å²) in [6, 6.07) is 2.58. The van der Waals surface area contributed by atoms with Gasteiger partial charge in [-0.3, -0.25) is 0 Å². The van der Waals surface area contributed by atoms with E-state index in [1.165, 1.54) is 12.8 Å². The normalized spacial score (nSPS) is 46.4. The Balaban J connectivity index is 0.00000117. The molecule has 8 unspecified atom stereocenters. The van der Waals surface area contributed by atoms with Crippen molar-refractivity contribution in [1.82, 2.24) is 0 Å². The van der Waals surface area contributed by atoms with Crippen LogP contribution in [0.2, 0.25) is 0 Å². The standard InChI is InChI=1S/C22H32F3NO.C2H6/c1-20-10-9-19-17(18(20)8-5-15(20)12-26)7-4-14-3-6-16(11-21(14,19)2)27-13-22(23,24)25;1-2/h14-19H,3-11,13H2,1-2H3;1-2H3. The number of fused-ring (bicyclic) bond motifs is 5. The molecule has 4 aliphatic carbocycles. The molecule has 0 saturated heterocycles. The fourth-order valence-electron chi connectivity index (χ4n) is 7.87. The van der Waals surface area contributed by atoms with Gasteiger partial charge in [0, 0.05) is 0 Å². The summed E-state index contributed by atoms with van der Waals surface area (Å²) in [6.45, 7) is 7.56. The summed E-state index contributed by atoms with van der Waals surface area (Å²) in [5.41, 5.74) is 0.253. The van der Waals surface area contributed by atoms with Gasteiger partial charge in [-0.2, -0.15) is 18.4 Å². The lowest BCUT2D eigenvalue weighted by Crippen LogP contribution is -2.54. The van der Waals surface area contributed by atoms with E-state index in [0.717, 1.165) is 44.9 Å². The molecular weight excluding hydrogens is 375 g/mol. The molecule has 4 fully saturated rings. The van der Waals surface area contributed by atoms with Crippen LogP contribution in [0.1, 0.15) is 85.5 Å². The average Bonchev–Trinajstić information content (AvgIpc) is 3.03. The minimum Gasteiger partial charge on any atom is -0.369 e. The molecule has 0 aliphatic heterocycles. The number of ether oxygens (including phenoxy) is 1. The zero-order valence-corrected chi connectivity index (χ0v) is 18.5.